The summed E-state index contributed by atoms with van der Waals surface area (Å²) in [6.45, 7) is 1.38. The van der Waals surface area contributed by atoms with Crippen LogP contribution in [0.3, 0.4) is 0 Å². The Kier molecular flexibility index (Phi) is 6.24. The van der Waals surface area contributed by atoms with Gasteiger partial charge in [-0.2, -0.15) is 0 Å². The molecule has 2 aromatic heterocycles. The Morgan fingerprint density at radius 3 is 2.77 bits per heavy atom. The number of aromatic nitrogens is 2. The van der Waals surface area contributed by atoms with Crippen LogP contribution in [-0.4, -0.2) is 58.1 Å². The molecule has 4 rings (SSSR count). The molecular formula is C22H23BrN4O4. The number of pyridine rings is 1. The Hall–Kier alpha value is -2.91. The molecule has 2 N–H and O–H groups in total. The molecule has 1 aliphatic rings. The van der Waals surface area contributed by atoms with E-state index in [1.165, 1.54) is 4.40 Å². The Bertz CT molecular complexity index is 1150. The van der Waals surface area contributed by atoms with E-state index in [-0.39, 0.29) is 24.1 Å². The number of benzene rings is 1. The van der Waals surface area contributed by atoms with Crippen LogP contribution in [0.5, 0.6) is 5.75 Å². The second kappa shape index (κ2) is 9.07. The Labute approximate surface area is 187 Å². The van der Waals surface area contributed by atoms with E-state index in [9.17, 15) is 9.59 Å². The van der Waals surface area contributed by atoms with Gasteiger partial charge in [0.05, 0.1) is 0 Å². The number of hydrogen-bond acceptors (Lipinski definition) is 6. The number of hydrogen-bond donors (Lipinski definition) is 2. The number of ether oxygens (including phenoxy) is 1. The Morgan fingerprint density at radius 2 is 2.03 bits per heavy atom. The number of aliphatic carboxylic acids is 1. The fraction of sp³-hybridized carbons (Fsp3) is 0.318. The van der Waals surface area contributed by atoms with Gasteiger partial charge in [0, 0.05) is 25.3 Å². The lowest BCUT2D eigenvalue weighted by Crippen LogP contribution is -2.43. The van der Waals surface area contributed by atoms with Gasteiger partial charge in [-0.25, -0.2) is 9.78 Å². The molecule has 0 aliphatic carbocycles. The molecule has 3 aromatic rings. The van der Waals surface area contributed by atoms with Crippen molar-refractivity contribution in [2.75, 3.05) is 32.1 Å². The zero-order valence-electron chi connectivity index (χ0n) is 17.0. The van der Waals surface area contributed by atoms with Gasteiger partial charge in [-0.3, -0.25) is 9.20 Å². The number of carboxylic acid groups (broad SMARTS) is 1. The molecule has 0 unspecified atom stereocenters. The maximum absolute atomic E-state index is 12.6. The summed E-state index contributed by atoms with van der Waals surface area (Å²) in [7, 11) is 2.07. The van der Waals surface area contributed by atoms with Crippen molar-refractivity contribution in [3.63, 3.8) is 0 Å². The van der Waals surface area contributed by atoms with Gasteiger partial charge < -0.3 is 20.1 Å². The molecule has 0 bridgehead atoms. The highest BCUT2D eigenvalue weighted by atomic mass is 79.9. The van der Waals surface area contributed by atoms with Gasteiger partial charge in [0.1, 0.15) is 21.7 Å². The minimum Gasteiger partial charge on any atom is -0.482 e. The average Bonchev–Trinajstić information content (AvgIpc) is 2.76. The third kappa shape index (κ3) is 4.88. The van der Waals surface area contributed by atoms with E-state index in [0.29, 0.717) is 21.7 Å². The maximum Gasteiger partial charge on any atom is 0.341 e. The van der Waals surface area contributed by atoms with Gasteiger partial charge in [-0.15, -0.1) is 0 Å². The van der Waals surface area contributed by atoms with Gasteiger partial charge in [0.2, 0.25) is 0 Å². The van der Waals surface area contributed by atoms with E-state index in [2.05, 4.69) is 38.2 Å². The summed E-state index contributed by atoms with van der Waals surface area (Å²) in [5.41, 5.74) is 1.60. The van der Waals surface area contributed by atoms with Crippen molar-refractivity contribution >= 4 is 33.4 Å². The number of halogens is 1. The molecule has 9 heteroatoms. The zero-order chi connectivity index (χ0) is 22.0. The lowest BCUT2D eigenvalue weighted by Gasteiger charge is -2.36. The maximum atomic E-state index is 12.6. The largest absolute Gasteiger partial charge is 0.482 e. The number of fused-ring (bicyclic) bond motifs is 1. The van der Waals surface area contributed by atoms with Crippen molar-refractivity contribution in [1.82, 2.24) is 14.3 Å². The molecule has 1 aromatic carbocycles. The number of nitrogens with one attached hydrogen (secondary N) is 1. The Morgan fingerprint density at radius 1 is 1.26 bits per heavy atom. The molecule has 0 amide bonds. The third-order valence-electron chi connectivity index (χ3n) is 5.37. The molecule has 1 fully saturated rings. The summed E-state index contributed by atoms with van der Waals surface area (Å²) in [5.74, 6) is 0.368. The van der Waals surface area contributed by atoms with Crippen LogP contribution in [0.25, 0.3) is 5.65 Å². The number of carbonyl (C=O) groups is 1. The van der Waals surface area contributed by atoms with E-state index in [1.54, 1.807) is 24.4 Å². The molecule has 162 valence electrons. The number of piperidine rings is 1. The lowest BCUT2D eigenvalue weighted by molar-refractivity contribution is -0.139. The van der Waals surface area contributed by atoms with Crippen LogP contribution in [0.15, 0.2) is 57.9 Å². The quantitative estimate of drug-likeness (QED) is 0.552. The summed E-state index contributed by atoms with van der Waals surface area (Å²) < 4.78 is 7.15. The first kappa shape index (κ1) is 21.3. The fourth-order valence-corrected chi connectivity index (χ4v) is 4.40. The minimum absolute atomic E-state index is 0.112. The summed E-state index contributed by atoms with van der Waals surface area (Å²) in [5, 5.41) is 12.2. The standard InChI is InChI=1S/C22H23BrN4O4/c1-26-11-15(14-5-7-17(8-6-14)31-13-19(28)29)10-16(12-26)24-21-20(23)22(30)27-9-3-2-4-18(27)25-21/h2-9,15-16,24H,10-13H2,1H3,(H,28,29)/t15-,16+/m0/s1. The highest BCUT2D eigenvalue weighted by molar-refractivity contribution is 9.10. The van der Waals surface area contributed by atoms with E-state index < -0.39 is 5.97 Å². The topological polar surface area (TPSA) is 96.2 Å². The molecule has 31 heavy (non-hydrogen) atoms. The molecule has 1 aliphatic heterocycles. The number of rotatable bonds is 6. The van der Waals surface area contributed by atoms with Gasteiger partial charge in [-0.1, -0.05) is 18.2 Å². The summed E-state index contributed by atoms with van der Waals surface area (Å²) in [4.78, 5) is 30.2. The van der Waals surface area contributed by atoms with Crippen molar-refractivity contribution in [3.05, 3.63) is 69.1 Å². The monoisotopic (exact) mass is 486 g/mol. The normalized spacial score (nSPS) is 19.3. The molecule has 8 nitrogen and oxygen atoms in total. The third-order valence-corrected chi connectivity index (χ3v) is 6.08. The van der Waals surface area contributed by atoms with E-state index in [1.807, 2.05) is 24.3 Å². The van der Waals surface area contributed by atoms with E-state index in [4.69, 9.17) is 9.84 Å². The summed E-state index contributed by atoms with van der Waals surface area (Å²) in [6, 6.07) is 13.1. The first-order valence-electron chi connectivity index (χ1n) is 9.97. The number of anilines is 1. The fourth-order valence-electron chi connectivity index (χ4n) is 4.00. The van der Waals surface area contributed by atoms with Gasteiger partial charge in [-0.05, 0) is 65.1 Å². The molecule has 0 saturated carbocycles. The predicted octanol–water partition coefficient (Wildman–Crippen LogP) is 2.82. The number of carboxylic acids is 1. The summed E-state index contributed by atoms with van der Waals surface area (Å²) >= 11 is 3.41. The molecule has 1 saturated heterocycles. The highest BCUT2D eigenvalue weighted by Crippen LogP contribution is 2.30. The van der Waals surface area contributed by atoms with Crippen LogP contribution in [-0.2, 0) is 4.79 Å². The molecule has 3 heterocycles. The van der Waals surface area contributed by atoms with Crippen LogP contribution >= 0.6 is 15.9 Å². The molecular weight excluding hydrogens is 464 g/mol. The number of likely N-dealkylation sites (tertiary alicyclic amines) is 1. The number of nitrogens with zero attached hydrogens (tertiary/aromatic N) is 3. The van der Waals surface area contributed by atoms with Gasteiger partial charge in [0.25, 0.3) is 5.56 Å². The van der Waals surface area contributed by atoms with Crippen LogP contribution in [0.1, 0.15) is 17.9 Å². The zero-order valence-corrected chi connectivity index (χ0v) is 18.6. The Balaban J connectivity index is 1.51. The minimum atomic E-state index is -1.00. The molecule has 0 spiro atoms. The van der Waals surface area contributed by atoms with Crippen molar-refractivity contribution in [1.29, 1.82) is 0 Å². The molecule has 2 atom stereocenters. The van der Waals surface area contributed by atoms with Crippen LogP contribution in [0.4, 0.5) is 5.82 Å². The van der Waals surface area contributed by atoms with Crippen molar-refractivity contribution in [2.45, 2.75) is 18.4 Å². The van der Waals surface area contributed by atoms with Crippen LogP contribution in [0.2, 0.25) is 0 Å². The van der Waals surface area contributed by atoms with Crippen molar-refractivity contribution in [3.8, 4) is 5.75 Å². The van der Waals surface area contributed by atoms with Gasteiger partial charge in [0.15, 0.2) is 6.61 Å². The number of likely N-dealkylation sites (N-methyl/N-ethyl adjacent to an activating group) is 1. The van der Waals surface area contributed by atoms with E-state index in [0.717, 1.165) is 25.1 Å². The second-order valence-electron chi connectivity index (χ2n) is 7.75. The first-order chi connectivity index (χ1) is 14.9. The van der Waals surface area contributed by atoms with Gasteiger partial charge >= 0.3 is 5.97 Å². The lowest BCUT2D eigenvalue weighted by atomic mass is 9.88. The second-order valence-corrected chi connectivity index (χ2v) is 8.55. The van der Waals surface area contributed by atoms with Crippen molar-refractivity contribution in [2.24, 2.45) is 0 Å². The highest BCUT2D eigenvalue weighted by Gasteiger charge is 2.27. The first-order valence-corrected chi connectivity index (χ1v) is 10.8. The van der Waals surface area contributed by atoms with Crippen molar-refractivity contribution < 1.29 is 14.6 Å². The summed E-state index contributed by atoms with van der Waals surface area (Å²) in [6.07, 6.45) is 2.58. The smallest absolute Gasteiger partial charge is 0.341 e. The van der Waals surface area contributed by atoms with E-state index >= 15 is 0 Å². The predicted molar refractivity (Wildman–Crippen MR) is 121 cm³/mol. The SMILES string of the molecule is CN1C[C@H](Nc2nc3ccccn3c(=O)c2Br)C[C@H](c2ccc(OCC(=O)O)cc2)C1. The van der Waals surface area contributed by atoms with Crippen LogP contribution < -0.4 is 15.6 Å². The molecule has 0 radical (unpaired) electrons. The van der Waals surface area contributed by atoms with Crippen LogP contribution in [0, 0.1) is 0 Å². The average molecular weight is 487 g/mol.